The number of nitriles is 1. The fraction of sp³-hybridized carbons (Fsp3) is 0. The van der Waals surface area contributed by atoms with Crippen LogP contribution in [0.1, 0.15) is 0 Å². The minimum absolute atomic E-state index is 0.720. The normalized spacial score (nSPS) is 6.25. The van der Waals surface area contributed by atoms with Crippen LogP contribution >= 0.6 is 0 Å². The van der Waals surface area contributed by atoms with Crippen molar-refractivity contribution in [2.75, 3.05) is 0 Å². The molecule has 0 aromatic rings. The molecule has 1 N–H and O–H groups in total. The second-order valence-corrected chi connectivity index (χ2v) is 1.26. The number of carbonyl (C=O) groups is 2. The Kier molecular flexibility index (Phi) is 9.34. The lowest BCUT2D eigenvalue weighted by Crippen LogP contribution is -1.91. The summed E-state index contributed by atoms with van der Waals surface area (Å²) < 4.78 is 3.74. The van der Waals surface area contributed by atoms with Crippen molar-refractivity contribution in [1.82, 2.24) is 0 Å². The van der Waals surface area contributed by atoms with Crippen molar-refractivity contribution in [3.63, 3.8) is 0 Å². The van der Waals surface area contributed by atoms with E-state index >= 15 is 0 Å². The van der Waals surface area contributed by atoms with E-state index in [1.54, 1.807) is 0 Å². The first-order valence-corrected chi connectivity index (χ1v) is 2.66. The highest BCUT2D eigenvalue weighted by Gasteiger charge is 1.87. The summed E-state index contributed by atoms with van der Waals surface area (Å²) in [5.41, 5.74) is 0. The van der Waals surface area contributed by atoms with Crippen molar-refractivity contribution >= 4 is 11.9 Å². The number of rotatable bonds is 2. The molecule has 5 heteroatoms. The Bertz CT molecular complexity index is 226. The van der Waals surface area contributed by atoms with Crippen LogP contribution < -0.4 is 0 Å². The third-order valence-corrected chi connectivity index (χ3v) is 0.488. The number of carboxylic acid groups (broad SMARTS) is 1. The lowest BCUT2D eigenvalue weighted by Gasteiger charge is -1.77. The highest BCUT2D eigenvalue weighted by atomic mass is 16.5. The van der Waals surface area contributed by atoms with E-state index in [1.165, 1.54) is 6.26 Å². The summed E-state index contributed by atoms with van der Waals surface area (Å²) in [7, 11) is 0. The second kappa shape index (κ2) is 8.91. The average molecular weight is 169 g/mol. The summed E-state index contributed by atoms with van der Waals surface area (Å²) in [6.45, 7) is 6.01. The van der Waals surface area contributed by atoms with Gasteiger partial charge in [-0.05, 0) is 0 Å². The number of nitrogens with zero attached hydrogens (tertiary/aromatic N) is 1. The van der Waals surface area contributed by atoms with Gasteiger partial charge in [0, 0.05) is 12.2 Å². The van der Waals surface area contributed by atoms with Gasteiger partial charge in [0.1, 0.15) is 0 Å². The fourth-order valence-electron chi connectivity index (χ4n) is 0.0867. The Labute approximate surface area is 69.2 Å². The number of carboxylic acids is 1. The molecular formula is C7H7NO4. The van der Waals surface area contributed by atoms with E-state index in [9.17, 15) is 9.59 Å². The van der Waals surface area contributed by atoms with Crippen LogP contribution in [0.4, 0.5) is 0 Å². The number of ether oxygens (including phenoxy) is 1. The molecule has 5 nitrogen and oxygen atoms in total. The van der Waals surface area contributed by atoms with E-state index in [0.717, 1.165) is 12.2 Å². The predicted molar refractivity (Wildman–Crippen MR) is 39.7 cm³/mol. The van der Waals surface area contributed by atoms with Crippen molar-refractivity contribution in [2.24, 2.45) is 0 Å². The first kappa shape index (κ1) is 12.6. The van der Waals surface area contributed by atoms with Gasteiger partial charge in [-0.1, -0.05) is 13.2 Å². The van der Waals surface area contributed by atoms with Crippen LogP contribution in [0.2, 0.25) is 0 Å². The Hall–Kier alpha value is -2.09. The maximum Gasteiger partial charge on any atom is 0.345 e. The highest BCUT2D eigenvalue weighted by molar-refractivity contribution is 5.81. The van der Waals surface area contributed by atoms with Gasteiger partial charge < -0.3 is 9.84 Å². The highest BCUT2D eigenvalue weighted by Crippen LogP contribution is 1.71. The van der Waals surface area contributed by atoms with E-state index in [4.69, 9.17) is 10.4 Å². The van der Waals surface area contributed by atoms with Crippen molar-refractivity contribution < 1.29 is 19.4 Å². The SMILES string of the molecule is C=CC(=O)O.C=CC(=O)OC#N. The smallest absolute Gasteiger partial charge is 0.345 e. The maximum atomic E-state index is 9.85. The van der Waals surface area contributed by atoms with Gasteiger partial charge in [-0.15, -0.1) is 5.26 Å². The summed E-state index contributed by atoms with van der Waals surface area (Å²) >= 11 is 0. The van der Waals surface area contributed by atoms with Gasteiger partial charge in [0.15, 0.2) is 0 Å². The molecule has 0 atom stereocenters. The van der Waals surface area contributed by atoms with Crippen LogP contribution in [-0.4, -0.2) is 17.0 Å². The molecule has 0 bridgehead atoms. The zero-order chi connectivity index (χ0) is 9.98. The molecule has 0 radical (unpaired) electrons. The standard InChI is InChI=1S/C4H3NO2.C3H4O2/c1-2-4(6)7-3-5;1-2-3(4)5/h2H,1H2;2H,1H2,(H,4,5). The van der Waals surface area contributed by atoms with Crippen LogP contribution in [-0.2, 0) is 14.3 Å². The van der Waals surface area contributed by atoms with Crippen molar-refractivity contribution in [1.29, 1.82) is 5.26 Å². The monoisotopic (exact) mass is 169 g/mol. The van der Waals surface area contributed by atoms with Gasteiger partial charge in [-0.25, -0.2) is 9.59 Å². The van der Waals surface area contributed by atoms with E-state index in [0.29, 0.717) is 0 Å². The van der Waals surface area contributed by atoms with Crippen LogP contribution in [0.15, 0.2) is 25.3 Å². The Morgan fingerprint density at radius 2 is 1.83 bits per heavy atom. The van der Waals surface area contributed by atoms with Crippen molar-refractivity contribution in [3.8, 4) is 6.26 Å². The van der Waals surface area contributed by atoms with Crippen LogP contribution in [0.25, 0.3) is 0 Å². The number of hydrogen-bond acceptors (Lipinski definition) is 4. The van der Waals surface area contributed by atoms with Gasteiger partial charge in [0.05, 0.1) is 0 Å². The van der Waals surface area contributed by atoms with Crippen LogP contribution in [0.5, 0.6) is 0 Å². The Morgan fingerprint density at radius 3 is 1.92 bits per heavy atom. The van der Waals surface area contributed by atoms with E-state index < -0.39 is 11.9 Å². The van der Waals surface area contributed by atoms with E-state index in [-0.39, 0.29) is 0 Å². The molecule has 0 saturated heterocycles. The summed E-state index contributed by atoms with van der Waals surface area (Å²) in [6, 6.07) is 0. The minimum Gasteiger partial charge on any atom is -0.478 e. The van der Waals surface area contributed by atoms with Gasteiger partial charge in [0.2, 0.25) is 0 Å². The molecule has 0 aliphatic carbocycles. The predicted octanol–water partition coefficient (Wildman–Crippen LogP) is 0.454. The number of aliphatic carboxylic acids is 1. The lowest BCUT2D eigenvalue weighted by atomic mass is 10.7. The van der Waals surface area contributed by atoms with Gasteiger partial charge in [-0.2, -0.15) is 0 Å². The maximum absolute atomic E-state index is 9.85. The summed E-state index contributed by atoms with van der Waals surface area (Å²) in [5, 5.41) is 15.2. The molecular weight excluding hydrogens is 162 g/mol. The molecule has 0 heterocycles. The third kappa shape index (κ3) is 15.7. The lowest BCUT2D eigenvalue weighted by molar-refractivity contribution is -0.132. The molecule has 0 aromatic carbocycles. The quantitative estimate of drug-likeness (QED) is 0.368. The van der Waals surface area contributed by atoms with Crippen LogP contribution in [0, 0.1) is 11.5 Å². The molecule has 0 aliphatic rings. The van der Waals surface area contributed by atoms with Crippen LogP contribution in [0.3, 0.4) is 0 Å². The minimum atomic E-state index is -0.981. The van der Waals surface area contributed by atoms with E-state index in [1.807, 2.05) is 0 Å². The molecule has 0 amide bonds. The van der Waals surface area contributed by atoms with Gasteiger partial charge >= 0.3 is 11.9 Å². The molecule has 0 rings (SSSR count). The van der Waals surface area contributed by atoms with Gasteiger partial charge in [-0.3, -0.25) is 0 Å². The molecule has 0 aliphatic heterocycles. The average Bonchev–Trinajstić information content (AvgIpc) is 2.06. The zero-order valence-corrected chi connectivity index (χ0v) is 6.19. The van der Waals surface area contributed by atoms with Gasteiger partial charge in [0.25, 0.3) is 6.26 Å². The van der Waals surface area contributed by atoms with E-state index in [2.05, 4.69) is 17.9 Å². The summed E-state index contributed by atoms with van der Waals surface area (Å²) in [4.78, 5) is 19.1. The molecule has 0 fully saturated rings. The van der Waals surface area contributed by atoms with Crippen molar-refractivity contribution in [3.05, 3.63) is 25.3 Å². The second-order valence-electron chi connectivity index (χ2n) is 1.26. The molecule has 0 aromatic heterocycles. The largest absolute Gasteiger partial charge is 0.478 e. The molecule has 64 valence electrons. The first-order chi connectivity index (χ1) is 5.58. The number of esters is 1. The number of carbonyl (C=O) groups excluding carboxylic acids is 1. The molecule has 0 saturated carbocycles. The topological polar surface area (TPSA) is 87.4 Å². The third-order valence-electron chi connectivity index (χ3n) is 0.488. The summed E-state index contributed by atoms with van der Waals surface area (Å²) in [6.07, 6.45) is 2.95. The van der Waals surface area contributed by atoms with Crippen molar-refractivity contribution in [2.45, 2.75) is 0 Å². The Balaban J connectivity index is 0. The molecule has 0 unspecified atom stereocenters. The number of hydrogen-bond donors (Lipinski definition) is 1. The molecule has 12 heavy (non-hydrogen) atoms. The first-order valence-electron chi connectivity index (χ1n) is 2.66. The molecule has 0 spiro atoms. The fourth-order valence-corrected chi connectivity index (χ4v) is 0.0867. The summed E-state index contributed by atoms with van der Waals surface area (Å²) in [5.74, 6) is -1.70. The Morgan fingerprint density at radius 1 is 1.42 bits per heavy atom. The zero-order valence-electron chi connectivity index (χ0n) is 6.19.